The van der Waals surface area contributed by atoms with Crippen molar-refractivity contribution in [2.45, 2.75) is 25.9 Å². The van der Waals surface area contributed by atoms with Gasteiger partial charge in [0, 0.05) is 56.0 Å². The minimum absolute atomic E-state index is 0.0787. The lowest BCUT2D eigenvalue weighted by atomic mass is 10.1. The maximum Gasteiger partial charge on any atom is 0.245 e. The van der Waals surface area contributed by atoms with E-state index in [1.165, 1.54) is 12.4 Å². The van der Waals surface area contributed by atoms with Gasteiger partial charge in [-0.05, 0) is 31.2 Å². The number of halogens is 1. The van der Waals surface area contributed by atoms with Crippen molar-refractivity contribution in [3.05, 3.63) is 79.3 Å². The van der Waals surface area contributed by atoms with Gasteiger partial charge >= 0.3 is 0 Å². The Hall–Kier alpha value is -5.13. The van der Waals surface area contributed by atoms with Gasteiger partial charge in [-0.1, -0.05) is 6.58 Å². The van der Waals surface area contributed by atoms with Crippen molar-refractivity contribution in [3.63, 3.8) is 0 Å². The van der Waals surface area contributed by atoms with Gasteiger partial charge in [-0.25, -0.2) is 28.8 Å². The summed E-state index contributed by atoms with van der Waals surface area (Å²) >= 11 is 0. The second-order valence-electron chi connectivity index (χ2n) is 9.28. The molecule has 4 aromatic heterocycles. The van der Waals surface area contributed by atoms with Crippen molar-refractivity contribution in [2.75, 3.05) is 18.4 Å². The number of piperidine rings is 1. The molecule has 202 valence electrons. The summed E-state index contributed by atoms with van der Waals surface area (Å²) in [6, 6.07) is 8.49. The van der Waals surface area contributed by atoms with Gasteiger partial charge in [-0.2, -0.15) is 5.10 Å². The molecule has 12 heteroatoms. The van der Waals surface area contributed by atoms with E-state index in [9.17, 15) is 4.79 Å². The molecule has 0 aliphatic carbocycles. The quantitative estimate of drug-likeness (QED) is 0.295. The van der Waals surface area contributed by atoms with E-state index in [1.54, 1.807) is 65.3 Å². The number of carbonyl (C=O) groups excluding carboxylic acids is 1. The van der Waals surface area contributed by atoms with Crippen LogP contribution in [-0.4, -0.2) is 59.6 Å². The van der Waals surface area contributed by atoms with E-state index in [2.05, 4.69) is 36.9 Å². The molecule has 0 spiro atoms. The molecule has 0 atom stereocenters. The molecule has 1 N–H and O–H groups in total. The molecule has 1 aliphatic heterocycles. The SMILES string of the molecule is C=CC(=O)N1CCC(Oc2ccc3ncnc(Nc4ccc(Oc5cnn6ccnc6c5)c(C)c4F)c3n2)CC1. The number of aromatic nitrogens is 6. The topological polar surface area (TPSA) is 120 Å². The zero-order valence-corrected chi connectivity index (χ0v) is 21.6. The third-order valence-corrected chi connectivity index (χ3v) is 6.72. The average molecular weight is 541 g/mol. The summed E-state index contributed by atoms with van der Waals surface area (Å²) in [5.41, 5.74) is 2.16. The van der Waals surface area contributed by atoms with Crippen molar-refractivity contribution >= 4 is 34.1 Å². The molecule has 5 aromatic rings. The lowest BCUT2D eigenvalue weighted by Crippen LogP contribution is -2.41. The van der Waals surface area contributed by atoms with Crippen molar-refractivity contribution < 1.29 is 18.7 Å². The van der Waals surface area contributed by atoms with Crippen LogP contribution in [0.5, 0.6) is 17.4 Å². The predicted octanol–water partition coefficient (Wildman–Crippen LogP) is 4.61. The van der Waals surface area contributed by atoms with Crippen LogP contribution in [0.2, 0.25) is 0 Å². The summed E-state index contributed by atoms with van der Waals surface area (Å²) in [7, 11) is 0. The molecule has 1 amide bonds. The summed E-state index contributed by atoms with van der Waals surface area (Å²) in [5, 5.41) is 7.27. The number of carbonyl (C=O) groups is 1. The number of nitrogens with zero attached hydrogens (tertiary/aromatic N) is 7. The highest BCUT2D eigenvalue weighted by Gasteiger charge is 2.23. The van der Waals surface area contributed by atoms with Crippen LogP contribution in [0.1, 0.15) is 18.4 Å². The molecule has 40 heavy (non-hydrogen) atoms. The Bertz CT molecular complexity index is 1730. The average Bonchev–Trinajstić information content (AvgIpc) is 3.45. The van der Waals surface area contributed by atoms with Crippen LogP contribution in [0, 0.1) is 12.7 Å². The summed E-state index contributed by atoms with van der Waals surface area (Å²) in [6.07, 6.45) is 8.89. The zero-order valence-electron chi connectivity index (χ0n) is 21.6. The first-order valence-corrected chi connectivity index (χ1v) is 12.7. The van der Waals surface area contributed by atoms with Crippen LogP contribution in [0.3, 0.4) is 0 Å². The van der Waals surface area contributed by atoms with Gasteiger partial charge in [0.1, 0.15) is 23.7 Å². The smallest absolute Gasteiger partial charge is 0.245 e. The fourth-order valence-corrected chi connectivity index (χ4v) is 4.55. The van der Waals surface area contributed by atoms with Crippen molar-refractivity contribution in [1.29, 1.82) is 0 Å². The van der Waals surface area contributed by atoms with E-state index in [1.807, 2.05) is 0 Å². The van der Waals surface area contributed by atoms with Crippen molar-refractivity contribution in [3.8, 4) is 17.4 Å². The lowest BCUT2D eigenvalue weighted by Gasteiger charge is -2.31. The largest absolute Gasteiger partial charge is 0.474 e. The normalized spacial score (nSPS) is 13.9. The monoisotopic (exact) mass is 540 g/mol. The number of pyridine rings is 1. The predicted molar refractivity (Wildman–Crippen MR) is 145 cm³/mol. The number of amides is 1. The third-order valence-electron chi connectivity index (χ3n) is 6.72. The van der Waals surface area contributed by atoms with Crippen LogP contribution >= 0.6 is 0 Å². The van der Waals surface area contributed by atoms with Crippen LogP contribution in [0.4, 0.5) is 15.9 Å². The van der Waals surface area contributed by atoms with Crippen LogP contribution < -0.4 is 14.8 Å². The highest BCUT2D eigenvalue weighted by molar-refractivity contribution is 5.88. The maximum absolute atomic E-state index is 15.5. The van der Waals surface area contributed by atoms with Gasteiger partial charge in [0.15, 0.2) is 23.0 Å². The fourth-order valence-electron chi connectivity index (χ4n) is 4.55. The molecule has 6 rings (SSSR count). The number of imidazole rings is 1. The third kappa shape index (κ3) is 4.98. The molecule has 0 radical (unpaired) electrons. The Labute approximate surface area is 228 Å². The van der Waals surface area contributed by atoms with Gasteiger partial charge in [-0.3, -0.25) is 4.79 Å². The molecule has 0 bridgehead atoms. The van der Waals surface area contributed by atoms with Crippen LogP contribution in [-0.2, 0) is 4.79 Å². The Balaban J connectivity index is 1.20. The van der Waals surface area contributed by atoms with Crippen LogP contribution in [0.25, 0.3) is 16.7 Å². The summed E-state index contributed by atoms with van der Waals surface area (Å²) in [4.78, 5) is 31.0. The summed E-state index contributed by atoms with van der Waals surface area (Å²) in [5.74, 6) is 0.962. The maximum atomic E-state index is 15.5. The zero-order chi connectivity index (χ0) is 27.6. The van der Waals surface area contributed by atoms with Gasteiger partial charge in [-0.15, -0.1) is 0 Å². The number of hydrogen-bond acceptors (Lipinski definition) is 9. The van der Waals surface area contributed by atoms with E-state index in [0.29, 0.717) is 71.4 Å². The molecule has 5 heterocycles. The Kier molecular flexibility index (Phi) is 6.64. The minimum atomic E-state index is -0.493. The van der Waals surface area contributed by atoms with Crippen LogP contribution in [0.15, 0.2) is 67.9 Å². The number of rotatable bonds is 7. The van der Waals surface area contributed by atoms with E-state index >= 15 is 4.39 Å². The number of anilines is 2. The number of benzene rings is 1. The van der Waals surface area contributed by atoms with E-state index in [-0.39, 0.29) is 17.7 Å². The number of fused-ring (bicyclic) bond motifs is 2. The first-order valence-electron chi connectivity index (χ1n) is 12.7. The molecule has 0 saturated carbocycles. The summed E-state index contributed by atoms with van der Waals surface area (Å²) in [6.45, 7) is 6.35. The van der Waals surface area contributed by atoms with Crippen molar-refractivity contribution in [1.82, 2.24) is 34.4 Å². The fraction of sp³-hybridized carbons (Fsp3) is 0.214. The van der Waals surface area contributed by atoms with E-state index < -0.39 is 5.82 Å². The molecular formula is C28H25FN8O3. The Morgan fingerprint density at radius 2 is 2.02 bits per heavy atom. The first kappa shape index (κ1) is 25.2. The summed E-state index contributed by atoms with van der Waals surface area (Å²) < 4.78 is 29.1. The van der Waals surface area contributed by atoms with Gasteiger partial charge < -0.3 is 19.7 Å². The highest BCUT2D eigenvalue weighted by Crippen LogP contribution is 2.33. The number of nitrogens with one attached hydrogen (secondary N) is 1. The first-order chi connectivity index (χ1) is 19.5. The lowest BCUT2D eigenvalue weighted by molar-refractivity contribution is -0.127. The molecule has 1 fully saturated rings. The van der Waals surface area contributed by atoms with E-state index in [4.69, 9.17) is 9.47 Å². The molecule has 1 saturated heterocycles. The highest BCUT2D eigenvalue weighted by atomic mass is 19.1. The molecule has 11 nitrogen and oxygen atoms in total. The molecule has 0 unspecified atom stereocenters. The molecular weight excluding hydrogens is 515 g/mol. The Morgan fingerprint density at radius 1 is 1.18 bits per heavy atom. The van der Waals surface area contributed by atoms with Crippen molar-refractivity contribution in [2.24, 2.45) is 0 Å². The number of ether oxygens (including phenoxy) is 2. The molecule has 1 aliphatic rings. The van der Waals surface area contributed by atoms with Gasteiger partial charge in [0.2, 0.25) is 11.8 Å². The Morgan fingerprint density at radius 3 is 2.85 bits per heavy atom. The second-order valence-corrected chi connectivity index (χ2v) is 9.28. The molecule has 1 aromatic carbocycles. The van der Waals surface area contributed by atoms with E-state index in [0.717, 1.165) is 0 Å². The standard InChI is InChI=1S/C28H25FN8O3/c1-3-25(38)36-11-8-18(9-12-36)40-24-7-5-21-27(35-24)28(32-16-31-21)34-20-4-6-22(17(2)26(20)29)39-19-14-23-30-10-13-37(23)33-15-19/h3-7,10,13-16,18H,1,8-9,11-12H2,2H3,(H,31,32,34). The number of likely N-dealkylation sites (tertiary alicyclic amines) is 1. The minimum Gasteiger partial charge on any atom is -0.474 e. The number of hydrogen-bond donors (Lipinski definition) is 1. The van der Waals surface area contributed by atoms with Gasteiger partial charge in [0.25, 0.3) is 0 Å². The second kappa shape index (κ2) is 10.6. The van der Waals surface area contributed by atoms with Gasteiger partial charge in [0.05, 0.1) is 17.4 Å².